The lowest BCUT2D eigenvalue weighted by atomic mass is 10.1. The fourth-order valence-electron chi connectivity index (χ4n) is 3.57. The Hall–Kier alpha value is -1.83. The van der Waals surface area contributed by atoms with E-state index in [1.807, 2.05) is 41.3 Å². The highest BCUT2D eigenvalue weighted by atomic mass is 35.5. The Balaban J connectivity index is 1.66. The normalized spacial score (nSPS) is 22.8. The molecule has 0 aliphatic carbocycles. The van der Waals surface area contributed by atoms with Gasteiger partial charge >= 0.3 is 0 Å². The molecule has 0 saturated carbocycles. The molecule has 8 heteroatoms. The second kappa shape index (κ2) is 7.54. The number of Topliss-reactive ketones (excluding diaryl/α,β-unsaturated/α-hetero) is 1. The van der Waals surface area contributed by atoms with Gasteiger partial charge in [0.15, 0.2) is 20.8 Å². The number of thioether (sulfide) groups is 1. The molecule has 5 nitrogen and oxygen atoms in total. The van der Waals surface area contributed by atoms with Gasteiger partial charge in [0.05, 0.1) is 23.6 Å². The smallest absolute Gasteiger partial charge is 0.164 e. The van der Waals surface area contributed by atoms with Gasteiger partial charge in [0, 0.05) is 22.0 Å². The molecule has 1 fully saturated rings. The van der Waals surface area contributed by atoms with E-state index >= 15 is 0 Å². The number of carbonyl (C=O) groups is 1. The molecular formula is C20H19ClN2O3S2. The van der Waals surface area contributed by atoms with Crippen LogP contribution in [0.5, 0.6) is 0 Å². The van der Waals surface area contributed by atoms with Gasteiger partial charge in [0.2, 0.25) is 0 Å². The van der Waals surface area contributed by atoms with Crippen LogP contribution in [0.15, 0.2) is 53.5 Å². The van der Waals surface area contributed by atoms with Crippen LogP contribution in [0.25, 0.3) is 0 Å². The van der Waals surface area contributed by atoms with Crippen molar-refractivity contribution in [2.75, 3.05) is 16.4 Å². The van der Waals surface area contributed by atoms with Crippen molar-refractivity contribution in [1.29, 1.82) is 0 Å². The van der Waals surface area contributed by atoms with Gasteiger partial charge in [0.1, 0.15) is 0 Å². The summed E-state index contributed by atoms with van der Waals surface area (Å²) in [7, 11) is -3.12. The lowest BCUT2D eigenvalue weighted by Gasteiger charge is -2.27. The third-order valence-corrected chi connectivity index (χ3v) is 8.04. The molecule has 0 radical (unpaired) electrons. The number of halogens is 1. The quantitative estimate of drug-likeness (QED) is 0.684. The fraction of sp³-hybridized carbons (Fsp3) is 0.300. The first-order chi connectivity index (χ1) is 13.3. The number of carbonyl (C=O) groups excluding carboxylic acids is 1. The van der Waals surface area contributed by atoms with E-state index < -0.39 is 9.84 Å². The van der Waals surface area contributed by atoms with Crippen LogP contribution in [0.3, 0.4) is 0 Å². The standard InChI is InChI=1S/C20H19ClN2O3S2/c1-13(24)14-6-4-7-16(9-14)23-19-12-28(25,26)11-18(19)22-20(23)27-10-15-5-2-3-8-17(15)21/h2-9,18-19H,10-12H2,1H3/t18-,19-/m0/s1. The fourth-order valence-corrected chi connectivity index (χ4v) is 6.82. The number of fused-ring (bicyclic) bond motifs is 1. The number of nitrogens with zero attached hydrogens (tertiary/aromatic N) is 2. The minimum Gasteiger partial charge on any atom is -0.315 e. The summed E-state index contributed by atoms with van der Waals surface area (Å²) in [4.78, 5) is 18.5. The molecular weight excluding hydrogens is 416 g/mol. The lowest BCUT2D eigenvalue weighted by Crippen LogP contribution is -2.39. The summed E-state index contributed by atoms with van der Waals surface area (Å²) in [5.41, 5.74) is 2.39. The van der Waals surface area contributed by atoms with E-state index in [1.54, 1.807) is 12.1 Å². The van der Waals surface area contributed by atoms with E-state index in [9.17, 15) is 13.2 Å². The third kappa shape index (κ3) is 3.83. The highest BCUT2D eigenvalue weighted by Gasteiger charge is 2.47. The van der Waals surface area contributed by atoms with Gasteiger partial charge in [-0.2, -0.15) is 0 Å². The number of hydrogen-bond acceptors (Lipinski definition) is 6. The number of rotatable bonds is 4. The van der Waals surface area contributed by atoms with Crippen molar-refractivity contribution in [3.05, 3.63) is 64.7 Å². The van der Waals surface area contributed by atoms with Crippen LogP contribution in [-0.4, -0.2) is 43.0 Å². The maximum Gasteiger partial charge on any atom is 0.164 e. The summed E-state index contributed by atoms with van der Waals surface area (Å²) >= 11 is 7.81. The van der Waals surface area contributed by atoms with Crippen molar-refractivity contribution < 1.29 is 13.2 Å². The summed E-state index contributed by atoms with van der Waals surface area (Å²) < 4.78 is 24.3. The molecule has 28 heavy (non-hydrogen) atoms. The van der Waals surface area contributed by atoms with Gasteiger partial charge in [-0.1, -0.05) is 53.7 Å². The maximum atomic E-state index is 12.2. The Morgan fingerprint density at radius 3 is 2.75 bits per heavy atom. The van der Waals surface area contributed by atoms with Crippen molar-refractivity contribution in [3.63, 3.8) is 0 Å². The molecule has 2 aliphatic heterocycles. The van der Waals surface area contributed by atoms with Gasteiger partial charge in [-0.05, 0) is 30.7 Å². The largest absolute Gasteiger partial charge is 0.315 e. The Labute approximate surface area is 173 Å². The van der Waals surface area contributed by atoms with Gasteiger partial charge in [-0.15, -0.1) is 0 Å². The second-order valence-electron chi connectivity index (χ2n) is 6.98. The molecule has 146 valence electrons. The molecule has 0 N–H and O–H groups in total. The van der Waals surface area contributed by atoms with Crippen molar-refractivity contribution >= 4 is 49.8 Å². The first-order valence-corrected chi connectivity index (χ1v) is 12.1. The summed E-state index contributed by atoms with van der Waals surface area (Å²) in [6, 6.07) is 14.4. The second-order valence-corrected chi connectivity index (χ2v) is 10.5. The molecule has 2 aliphatic rings. The molecule has 0 spiro atoms. The average Bonchev–Trinajstić information content (AvgIpc) is 3.12. The summed E-state index contributed by atoms with van der Waals surface area (Å²) in [6.45, 7) is 1.52. The molecule has 2 heterocycles. The zero-order valence-corrected chi connectivity index (χ0v) is 17.6. The molecule has 2 aromatic rings. The highest BCUT2D eigenvalue weighted by molar-refractivity contribution is 8.13. The number of ketones is 1. The van der Waals surface area contributed by atoms with Crippen molar-refractivity contribution in [1.82, 2.24) is 0 Å². The summed E-state index contributed by atoms with van der Waals surface area (Å²) in [5, 5.41) is 1.46. The molecule has 2 atom stereocenters. The van der Waals surface area contributed by atoms with Gasteiger partial charge in [-0.3, -0.25) is 9.79 Å². The summed E-state index contributed by atoms with van der Waals surface area (Å²) in [6.07, 6.45) is 0. The minimum atomic E-state index is -3.12. The monoisotopic (exact) mass is 434 g/mol. The van der Waals surface area contributed by atoms with E-state index in [1.165, 1.54) is 18.7 Å². The maximum absolute atomic E-state index is 12.2. The lowest BCUT2D eigenvalue weighted by molar-refractivity contribution is 0.101. The predicted octanol–water partition coefficient (Wildman–Crippen LogP) is 3.82. The first-order valence-electron chi connectivity index (χ1n) is 8.89. The Kier molecular flexibility index (Phi) is 5.24. The zero-order chi connectivity index (χ0) is 19.9. The number of anilines is 1. The zero-order valence-electron chi connectivity index (χ0n) is 15.2. The van der Waals surface area contributed by atoms with E-state index in [0.717, 1.165) is 16.4 Å². The SMILES string of the molecule is CC(=O)c1cccc(N2C(SCc3ccccc3Cl)=N[C@H]3CS(=O)(=O)C[C@@H]32)c1. The molecule has 0 unspecified atom stereocenters. The van der Waals surface area contributed by atoms with Crippen LogP contribution in [0.4, 0.5) is 5.69 Å². The molecule has 4 rings (SSSR count). The van der Waals surface area contributed by atoms with Crippen LogP contribution in [0.2, 0.25) is 5.02 Å². The Bertz CT molecular complexity index is 1070. The number of aliphatic imine (C=N–C) groups is 1. The van der Waals surface area contributed by atoms with Crippen molar-refractivity contribution in [3.8, 4) is 0 Å². The topological polar surface area (TPSA) is 66.8 Å². The van der Waals surface area contributed by atoms with Crippen LogP contribution < -0.4 is 4.90 Å². The highest BCUT2D eigenvalue weighted by Crippen LogP contribution is 2.36. The molecule has 0 aromatic heterocycles. The molecule has 0 amide bonds. The number of amidine groups is 1. The summed E-state index contributed by atoms with van der Waals surface area (Å²) in [5.74, 6) is 0.741. The van der Waals surface area contributed by atoms with Crippen LogP contribution in [-0.2, 0) is 15.6 Å². The Morgan fingerprint density at radius 2 is 2.00 bits per heavy atom. The van der Waals surface area contributed by atoms with E-state index in [2.05, 4.69) is 0 Å². The van der Waals surface area contributed by atoms with E-state index in [4.69, 9.17) is 16.6 Å². The number of hydrogen-bond donors (Lipinski definition) is 0. The van der Waals surface area contributed by atoms with Crippen LogP contribution >= 0.6 is 23.4 Å². The minimum absolute atomic E-state index is 0.0288. The van der Waals surface area contributed by atoms with E-state index in [-0.39, 0.29) is 29.4 Å². The number of benzene rings is 2. The number of sulfone groups is 1. The average molecular weight is 435 g/mol. The first kappa shape index (κ1) is 19.5. The van der Waals surface area contributed by atoms with Crippen LogP contribution in [0, 0.1) is 0 Å². The predicted molar refractivity (Wildman–Crippen MR) is 115 cm³/mol. The van der Waals surface area contributed by atoms with Gasteiger partial charge < -0.3 is 4.90 Å². The van der Waals surface area contributed by atoms with Gasteiger partial charge in [-0.25, -0.2) is 8.42 Å². The van der Waals surface area contributed by atoms with E-state index in [0.29, 0.717) is 16.3 Å². The van der Waals surface area contributed by atoms with Gasteiger partial charge in [0.25, 0.3) is 0 Å². The van der Waals surface area contributed by atoms with Crippen molar-refractivity contribution in [2.45, 2.75) is 24.8 Å². The van der Waals surface area contributed by atoms with Crippen molar-refractivity contribution in [2.24, 2.45) is 4.99 Å². The third-order valence-electron chi connectivity index (χ3n) is 4.95. The molecule has 2 aromatic carbocycles. The molecule has 1 saturated heterocycles. The van der Waals surface area contributed by atoms with Crippen LogP contribution in [0.1, 0.15) is 22.8 Å². The Morgan fingerprint density at radius 1 is 1.21 bits per heavy atom. The molecule has 0 bridgehead atoms.